The van der Waals surface area contributed by atoms with Crippen LogP contribution < -0.4 is 5.32 Å². The number of aromatic nitrogens is 1. The number of hydrogen-bond acceptors (Lipinski definition) is 4. The molecule has 2 N–H and O–H groups in total. The normalized spacial score (nSPS) is 10.8. The monoisotopic (exact) mass is 286 g/mol. The molecule has 6 heteroatoms. The van der Waals surface area contributed by atoms with Crippen LogP contribution in [0.15, 0.2) is 35.1 Å². The van der Waals surface area contributed by atoms with Crippen molar-refractivity contribution in [1.82, 2.24) is 4.98 Å². The summed E-state index contributed by atoms with van der Waals surface area (Å²) in [7, 11) is 0. The molecule has 1 heterocycles. The van der Waals surface area contributed by atoms with Crippen LogP contribution in [0.1, 0.15) is 27.4 Å². The predicted octanol–water partition coefficient (Wildman–Crippen LogP) is 2.64. The number of hydrogen-bond donors (Lipinski definition) is 2. The summed E-state index contributed by atoms with van der Waals surface area (Å²) in [6, 6.07) is 5.27. The van der Waals surface area contributed by atoms with Gasteiger partial charge in [0.15, 0.2) is 6.39 Å². The molecular formula is C15H14N2O4. The summed E-state index contributed by atoms with van der Waals surface area (Å²) in [6.45, 7) is 3.53. The zero-order chi connectivity index (χ0) is 15.4. The van der Waals surface area contributed by atoms with Crippen molar-refractivity contribution < 1.29 is 19.1 Å². The quantitative estimate of drug-likeness (QED) is 0.843. The topological polar surface area (TPSA) is 92.4 Å². The number of aryl methyl sites for hydroxylation is 2. The lowest BCUT2D eigenvalue weighted by Gasteiger charge is -2.06. The van der Waals surface area contributed by atoms with Crippen LogP contribution in [-0.4, -0.2) is 22.0 Å². The first kappa shape index (κ1) is 14.5. The summed E-state index contributed by atoms with van der Waals surface area (Å²) < 4.78 is 5.02. The van der Waals surface area contributed by atoms with E-state index in [1.165, 1.54) is 12.5 Å². The van der Waals surface area contributed by atoms with Crippen LogP contribution in [0, 0.1) is 13.8 Å². The molecule has 108 valence electrons. The maximum atomic E-state index is 12.0. The molecule has 0 atom stereocenters. The third-order valence-corrected chi connectivity index (χ3v) is 2.73. The van der Waals surface area contributed by atoms with Gasteiger partial charge in [-0.2, -0.15) is 0 Å². The number of rotatable bonds is 4. The highest BCUT2D eigenvalue weighted by atomic mass is 16.4. The van der Waals surface area contributed by atoms with E-state index in [1.54, 1.807) is 19.1 Å². The minimum Gasteiger partial charge on any atom is -0.478 e. The van der Waals surface area contributed by atoms with Crippen LogP contribution in [0.25, 0.3) is 6.08 Å². The molecule has 0 saturated heterocycles. The van der Waals surface area contributed by atoms with E-state index in [4.69, 9.17) is 9.52 Å². The van der Waals surface area contributed by atoms with Gasteiger partial charge in [0.2, 0.25) is 5.76 Å². The lowest BCUT2D eigenvalue weighted by Crippen LogP contribution is -2.12. The molecule has 0 aliphatic carbocycles. The van der Waals surface area contributed by atoms with Gasteiger partial charge in [-0.05, 0) is 43.2 Å². The summed E-state index contributed by atoms with van der Waals surface area (Å²) in [5, 5.41) is 11.3. The Hall–Kier alpha value is -2.89. The second kappa shape index (κ2) is 6.04. The van der Waals surface area contributed by atoms with Crippen molar-refractivity contribution in [3.05, 3.63) is 53.2 Å². The fourth-order valence-corrected chi connectivity index (χ4v) is 1.86. The highest BCUT2D eigenvalue weighted by Crippen LogP contribution is 2.17. The minimum absolute atomic E-state index is 0.152. The molecule has 0 aliphatic rings. The van der Waals surface area contributed by atoms with E-state index in [0.717, 1.165) is 11.6 Å². The molecule has 1 aromatic carbocycles. The molecule has 0 radical (unpaired) electrons. The Labute approximate surface area is 121 Å². The average molecular weight is 286 g/mol. The zero-order valence-corrected chi connectivity index (χ0v) is 11.6. The van der Waals surface area contributed by atoms with Gasteiger partial charge in [-0.3, -0.25) is 4.79 Å². The molecule has 0 unspecified atom stereocenters. The molecule has 0 fully saturated rings. The van der Waals surface area contributed by atoms with Crippen LogP contribution in [-0.2, 0) is 4.79 Å². The van der Waals surface area contributed by atoms with E-state index in [2.05, 4.69) is 10.3 Å². The number of nitrogens with one attached hydrogen (secondary N) is 1. The number of carboxylic acids is 1. The van der Waals surface area contributed by atoms with Crippen molar-refractivity contribution >= 4 is 23.6 Å². The number of carbonyl (C=O) groups excluding carboxylic acids is 1. The van der Waals surface area contributed by atoms with Crippen molar-refractivity contribution in [1.29, 1.82) is 0 Å². The number of amides is 1. The third-order valence-electron chi connectivity index (χ3n) is 2.73. The van der Waals surface area contributed by atoms with Gasteiger partial charge in [0.25, 0.3) is 5.91 Å². The summed E-state index contributed by atoms with van der Waals surface area (Å²) in [5.74, 6) is -1.28. The smallest absolute Gasteiger partial charge is 0.328 e. The van der Waals surface area contributed by atoms with Crippen molar-refractivity contribution in [3.63, 3.8) is 0 Å². The van der Waals surface area contributed by atoms with Crippen molar-refractivity contribution in [2.45, 2.75) is 13.8 Å². The van der Waals surface area contributed by atoms with Crippen LogP contribution in [0.5, 0.6) is 0 Å². The van der Waals surface area contributed by atoms with Gasteiger partial charge in [-0.25, -0.2) is 9.78 Å². The number of benzene rings is 1. The van der Waals surface area contributed by atoms with Crippen LogP contribution in [0.2, 0.25) is 0 Å². The zero-order valence-electron chi connectivity index (χ0n) is 11.6. The first-order valence-electron chi connectivity index (χ1n) is 6.20. The SMILES string of the molecule is Cc1cc(/C=C/C(=O)O)cc(NC(=O)c2ocnc2C)c1. The number of anilines is 1. The number of oxazole rings is 1. The predicted molar refractivity (Wildman–Crippen MR) is 77.0 cm³/mol. The van der Waals surface area contributed by atoms with E-state index in [1.807, 2.05) is 13.0 Å². The first-order valence-corrected chi connectivity index (χ1v) is 6.20. The molecule has 2 rings (SSSR count). The molecule has 0 saturated carbocycles. The fraction of sp³-hybridized carbons (Fsp3) is 0.133. The Morgan fingerprint density at radius 1 is 1.29 bits per heavy atom. The molecule has 0 bridgehead atoms. The summed E-state index contributed by atoms with van der Waals surface area (Å²) in [4.78, 5) is 26.4. The van der Waals surface area contributed by atoms with Gasteiger partial charge in [-0.1, -0.05) is 6.07 Å². The number of nitrogens with zero attached hydrogens (tertiary/aromatic N) is 1. The molecular weight excluding hydrogens is 272 g/mol. The minimum atomic E-state index is -1.03. The lowest BCUT2D eigenvalue weighted by atomic mass is 10.1. The van der Waals surface area contributed by atoms with Gasteiger partial charge in [0, 0.05) is 11.8 Å². The molecule has 6 nitrogen and oxygen atoms in total. The van der Waals surface area contributed by atoms with Gasteiger partial charge < -0.3 is 14.8 Å². The third kappa shape index (κ3) is 3.79. The van der Waals surface area contributed by atoms with Crippen LogP contribution in [0.4, 0.5) is 5.69 Å². The summed E-state index contributed by atoms with van der Waals surface area (Å²) >= 11 is 0. The van der Waals surface area contributed by atoms with Crippen LogP contribution >= 0.6 is 0 Å². The molecule has 1 aromatic heterocycles. The van der Waals surface area contributed by atoms with Crippen molar-refractivity contribution in [2.24, 2.45) is 0 Å². The Morgan fingerprint density at radius 2 is 2.05 bits per heavy atom. The standard InChI is InChI=1S/C15H14N2O4/c1-9-5-11(3-4-13(18)19)7-12(6-9)17-15(20)14-10(2)16-8-21-14/h3-8H,1-2H3,(H,17,20)(H,18,19)/b4-3+. The molecule has 2 aromatic rings. The highest BCUT2D eigenvalue weighted by molar-refractivity contribution is 6.03. The van der Waals surface area contributed by atoms with E-state index >= 15 is 0 Å². The second-order valence-electron chi connectivity index (χ2n) is 4.52. The fourth-order valence-electron chi connectivity index (χ4n) is 1.86. The molecule has 21 heavy (non-hydrogen) atoms. The molecule has 0 spiro atoms. The van der Waals surface area contributed by atoms with Gasteiger partial charge in [-0.15, -0.1) is 0 Å². The highest BCUT2D eigenvalue weighted by Gasteiger charge is 2.14. The van der Waals surface area contributed by atoms with Crippen LogP contribution in [0.3, 0.4) is 0 Å². The second-order valence-corrected chi connectivity index (χ2v) is 4.52. The van der Waals surface area contributed by atoms with E-state index in [-0.39, 0.29) is 5.76 Å². The molecule has 1 amide bonds. The van der Waals surface area contributed by atoms with E-state index < -0.39 is 11.9 Å². The number of carbonyl (C=O) groups is 2. The number of carboxylic acid groups (broad SMARTS) is 1. The van der Waals surface area contributed by atoms with E-state index in [0.29, 0.717) is 16.9 Å². The Kier molecular flexibility index (Phi) is 4.18. The first-order chi connectivity index (χ1) is 9.95. The van der Waals surface area contributed by atoms with E-state index in [9.17, 15) is 9.59 Å². The van der Waals surface area contributed by atoms with Crippen molar-refractivity contribution in [2.75, 3.05) is 5.32 Å². The van der Waals surface area contributed by atoms with Gasteiger partial charge in [0.1, 0.15) is 0 Å². The summed E-state index contributed by atoms with van der Waals surface area (Å²) in [6.07, 6.45) is 3.72. The van der Waals surface area contributed by atoms with Crippen molar-refractivity contribution in [3.8, 4) is 0 Å². The van der Waals surface area contributed by atoms with Gasteiger partial charge in [0.05, 0.1) is 5.69 Å². The summed E-state index contributed by atoms with van der Waals surface area (Å²) in [5.41, 5.74) is 2.64. The molecule has 0 aliphatic heterocycles. The largest absolute Gasteiger partial charge is 0.478 e. The Balaban J connectivity index is 2.22. The average Bonchev–Trinajstić information content (AvgIpc) is 2.82. The van der Waals surface area contributed by atoms with Gasteiger partial charge >= 0.3 is 5.97 Å². The number of aliphatic carboxylic acids is 1. The maximum absolute atomic E-state index is 12.0. The Morgan fingerprint density at radius 3 is 2.67 bits per heavy atom. The Bertz CT molecular complexity index is 716. The lowest BCUT2D eigenvalue weighted by molar-refractivity contribution is -0.131. The maximum Gasteiger partial charge on any atom is 0.328 e.